The Morgan fingerprint density at radius 1 is 1.50 bits per heavy atom. The third kappa shape index (κ3) is 3.85. The van der Waals surface area contributed by atoms with E-state index >= 15 is 0 Å². The van der Waals surface area contributed by atoms with Crippen LogP contribution in [0.25, 0.3) is 0 Å². The van der Waals surface area contributed by atoms with Crippen molar-refractivity contribution in [2.24, 2.45) is 11.7 Å². The van der Waals surface area contributed by atoms with Crippen molar-refractivity contribution < 1.29 is 4.79 Å². The van der Waals surface area contributed by atoms with Crippen molar-refractivity contribution in [2.75, 3.05) is 5.32 Å². The second-order valence-corrected chi connectivity index (χ2v) is 5.80. The number of aromatic nitrogens is 2. The van der Waals surface area contributed by atoms with E-state index in [1.165, 1.54) is 11.3 Å². The predicted molar refractivity (Wildman–Crippen MR) is 80.5 cm³/mol. The van der Waals surface area contributed by atoms with Crippen molar-refractivity contribution >= 4 is 22.9 Å². The Morgan fingerprint density at radius 3 is 2.95 bits per heavy atom. The van der Waals surface area contributed by atoms with Gasteiger partial charge in [-0.3, -0.25) is 9.78 Å². The molecule has 0 bridgehead atoms. The Balaban J connectivity index is 1.95. The number of hydrogen-bond donors (Lipinski definition) is 2. The van der Waals surface area contributed by atoms with Crippen molar-refractivity contribution in [2.45, 2.75) is 26.3 Å². The Morgan fingerprint density at radius 2 is 2.30 bits per heavy atom. The molecule has 0 saturated heterocycles. The minimum Gasteiger partial charge on any atom is -0.324 e. The summed E-state index contributed by atoms with van der Waals surface area (Å²) in [7, 11) is 0. The first-order chi connectivity index (χ1) is 9.56. The summed E-state index contributed by atoms with van der Waals surface area (Å²) < 4.78 is 0. The zero-order valence-corrected chi connectivity index (χ0v) is 12.4. The molecule has 0 saturated carbocycles. The van der Waals surface area contributed by atoms with E-state index in [1.807, 2.05) is 5.38 Å². The topological polar surface area (TPSA) is 80.9 Å². The fourth-order valence-corrected chi connectivity index (χ4v) is 2.64. The van der Waals surface area contributed by atoms with Gasteiger partial charge < -0.3 is 11.1 Å². The van der Waals surface area contributed by atoms with Gasteiger partial charge in [-0.05, 0) is 18.1 Å². The lowest BCUT2D eigenvalue weighted by Gasteiger charge is -2.11. The first kappa shape index (κ1) is 14.6. The van der Waals surface area contributed by atoms with Crippen LogP contribution in [0.1, 0.15) is 30.6 Å². The first-order valence-electron chi connectivity index (χ1n) is 6.46. The average molecular weight is 290 g/mol. The van der Waals surface area contributed by atoms with Crippen molar-refractivity contribution in [1.29, 1.82) is 0 Å². The zero-order valence-electron chi connectivity index (χ0n) is 11.5. The molecule has 0 spiro atoms. The van der Waals surface area contributed by atoms with Gasteiger partial charge in [-0.1, -0.05) is 13.8 Å². The van der Waals surface area contributed by atoms with E-state index in [-0.39, 0.29) is 18.4 Å². The molecule has 5 nitrogen and oxygen atoms in total. The molecule has 1 atom stereocenters. The smallest absolute Gasteiger partial charge is 0.230 e. The number of nitrogens with one attached hydrogen (secondary N) is 1. The van der Waals surface area contributed by atoms with Gasteiger partial charge in [0.05, 0.1) is 30.0 Å². The summed E-state index contributed by atoms with van der Waals surface area (Å²) in [5.74, 6) is 0.228. The lowest BCUT2D eigenvalue weighted by atomic mass is 10.1. The number of nitrogens with zero attached hydrogens (tertiary/aromatic N) is 2. The summed E-state index contributed by atoms with van der Waals surface area (Å²) in [4.78, 5) is 20.3. The molecular weight excluding hydrogens is 272 g/mol. The van der Waals surface area contributed by atoms with Gasteiger partial charge in [-0.15, -0.1) is 11.3 Å². The molecule has 2 rings (SSSR count). The van der Waals surface area contributed by atoms with Crippen molar-refractivity contribution in [3.63, 3.8) is 0 Å². The molecule has 20 heavy (non-hydrogen) atoms. The largest absolute Gasteiger partial charge is 0.324 e. The van der Waals surface area contributed by atoms with E-state index in [9.17, 15) is 4.79 Å². The molecule has 0 radical (unpaired) electrons. The van der Waals surface area contributed by atoms with E-state index in [0.717, 1.165) is 10.7 Å². The fourth-order valence-electron chi connectivity index (χ4n) is 1.65. The molecule has 1 unspecified atom stereocenters. The van der Waals surface area contributed by atoms with E-state index in [2.05, 4.69) is 29.1 Å². The molecule has 2 aromatic rings. The highest BCUT2D eigenvalue weighted by atomic mass is 32.1. The summed E-state index contributed by atoms with van der Waals surface area (Å²) in [5, 5.41) is 5.55. The van der Waals surface area contributed by atoms with Crippen molar-refractivity contribution in [1.82, 2.24) is 9.97 Å². The molecule has 0 aliphatic carbocycles. The van der Waals surface area contributed by atoms with E-state index in [1.54, 1.807) is 24.5 Å². The molecule has 3 N–H and O–H groups in total. The molecule has 0 aromatic carbocycles. The lowest BCUT2D eigenvalue weighted by molar-refractivity contribution is -0.115. The molecule has 106 valence electrons. The third-order valence-corrected chi connectivity index (χ3v) is 3.85. The number of amides is 1. The van der Waals surface area contributed by atoms with E-state index in [0.29, 0.717) is 11.6 Å². The molecule has 0 fully saturated rings. The summed E-state index contributed by atoms with van der Waals surface area (Å²) in [6, 6.07) is 3.50. The third-order valence-electron chi connectivity index (χ3n) is 2.86. The number of carbonyl (C=O) groups is 1. The Bertz CT molecular complexity index is 568. The quantitative estimate of drug-likeness (QED) is 0.886. The number of carbonyl (C=O) groups excluding carboxylic acids is 1. The maximum absolute atomic E-state index is 11.9. The van der Waals surface area contributed by atoms with Gasteiger partial charge in [-0.25, -0.2) is 4.98 Å². The molecule has 0 aliphatic heterocycles. The van der Waals surface area contributed by atoms with Gasteiger partial charge in [0.15, 0.2) is 0 Å². The Labute approximate surface area is 122 Å². The van der Waals surface area contributed by atoms with Crippen LogP contribution < -0.4 is 11.1 Å². The number of hydrogen-bond acceptors (Lipinski definition) is 5. The average Bonchev–Trinajstić information content (AvgIpc) is 2.87. The number of rotatable bonds is 5. The van der Waals surface area contributed by atoms with Crippen molar-refractivity contribution in [3.8, 4) is 0 Å². The van der Waals surface area contributed by atoms with Gasteiger partial charge in [-0.2, -0.15) is 0 Å². The van der Waals surface area contributed by atoms with Crippen LogP contribution in [0.15, 0.2) is 29.9 Å². The lowest BCUT2D eigenvalue weighted by Crippen LogP contribution is -2.17. The summed E-state index contributed by atoms with van der Waals surface area (Å²) >= 11 is 1.51. The molecule has 2 aromatic heterocycles. The predicted octanol–water partition coefficient (Wildman–Crippen LogP) is 2.38. The fraction of sp³-hybridized carbons (Fsp3) is 0.357. The number of pyridine rings is 1. The molecule has 0 aliphatic rings. The maximum atomic E-state index is 11.9. The van der Waals surface area contributed by atoms with Crippen LogP contribution >= 0.6 is 11.3 Å². The van der Waals surface area contributed by atoms with Crippen LogP contribution in [0.4, 0.5) is 5.69 Å². The molecule has 1 amide bonds. The first-order valence-corrected chi connectivity index (χ1v) is 7.34. The Kier molecular flexibility index (Phi) is 4.81. The number of anilines is 1. The second kappa shape index (κ2) is 6.58. The highest BCUT2D eigenvalue weighted by Crippen LogP contribution is 2.22. The Hall–Kier alpha value is -1.79. The normalized spacial score (nSPS) is 12.4. The molecule has 2 heterocycles. The van der Waals surface area contributed by atoms with Crippen LogP contribution in [-0.2, 0) is 11.2 Å². The molecular formula is C14H18N4OS. The standard InChI is InChI=1S/C14H18N4OS/c1-9(2)13(15)14-18-11(8-20-14)6-12(19)17-10-4-3-5-16-7-10/h3-5,7-9,13H,6,15H2,1-2H3,(H,17,19). The maximum Gasteiger partial charge on any atom is 0.230 e. The van der Waals surface area contributed by atoms with Crippen molar-refractivity contribution in [3.05, 3.63) is 40.6 Å². The van der Waals surface area contributed by atoms with Gasteiger partial charge in [0.2, 0.25) is 5.91 Å². The number of nitrogens with two attached hydrogens (primary N) is 1. The van der Waals surface area contributed by atoms with Crippen LogP contribution in [-0.4, -0.2) is 15.9 Å². The van der Waals surface area contributed by atoms with Gasteiger partial charge in [0.1, 0.15) is 5.01 Å². The highest BCUT2D eigenvalue weighted by Gasteiger charge is 2.15. The van der Waals surface area contributed by atoms with Crippen LogP contribution in [0.2, 0.25) is 0 Å². The SMILES string of the molecule is CC(C)C(N)c1nc(CC(=O)Nc2cccnc2)cs1. The summed E-state index contributed by atoms with van der Waals surface area (Å²) in [6.07, 6.45) is 3.52. The summed E-state index contributed by atoms with van der Waals surface area (Å²) in [6.45, 7) is 4.11. The zero-order chi connectivity index (χ0) is 14.5. The van der Waals surface area contributed by atoms with Crippen LogP contribution in [0.5, 0.6) is 0 Å². The van der Waals surface area contributed by atoms with Gasteiger partial charge >= 0.3 is 0 Å². The monoisotopic (exact) mass is 290 g/mol. The van der Waals surface area contributed by atoms with Crippen LogP contribution in [0, 0.1) is 5.92 Å². The van der Waals surface area contributed by atoms with E-state index < -0.39 is 0 Å². The minimum absolute atomic E-state index is 0.0739. The number of thiazole rings is 1. The van der Waals surface area contributed by atoms with Gasteiger partial charge in [0, 0.05) is 11.6 Å². The second-order valence-electron chi connectivity index (χ2n) is 4.91. The molecule has 6 heteroatoms. The summed E-state index contributed by atoms with van der Waals surface area (Å²) in [5.41, 5.74) is 7.48. The van der Waals surface area contributed by atoms with Gasteiger partial charge in [0.25, 0.3) is 0 Å². The highest BCUT2D eigenvalue weighted by molar-refractivity contribution is 7.09. The van der Waals surface area contributed by atoms with E-state index in [4.69, 9.17) is 5.73 Å². The van der Waals surface area contributed by atoms with Crippen LogP contribution in [0.3, 0.4) is 0 Å². The minimum atomic E-state index is -0.104.